The van der Waals surface area contributed by atoms with E-state index >= 15 is 0 Å². The highest BCUT2D eigenvalue weighted by atomic mass is 32.2. The van der Waals surface area contributed by atoms with Crippen molar-refractivity contribution in [3.05, 3.63) is 30.3 Å². The van der Waals surface area contributed by atoms with Crippen LogP contribution >= 0.6 is 0 Å². The van der Waals surface area contributed by atoms with Crippen molar-refractivity contribution in [3.8, 4) is 0 Å². The summed E-state index contributed by atoms with van der Waals surface area (Å²) < 4.78 is 22.5. The fourth-order valence-corrected chi connectivity index (χ4v) is 3.30. The summed E-state index contributed by atoms with van der Waals surface area (Å²) in [6.07, 6.45) is 3.60. The third kappa shape index (κ3) is 4.49. The SMILES string of the molecule is CN(CCS(C)(=O)=O)[C@H]1CCCN(c2ccccc2)C1. The Morgan fingerprint density at radius 1 is 1.30 bits per heavy atom. The topological polar surface area (TPSA) is 40.6 Å². The molecule has 0 spiro atoms. The Morgan fingerprint density at radius 2 is 2.00 bits per heavy atom. The summed E-state index contributed by atoms with van der Waals surface area (Å²) in [7, 11) is -0.847. The number of piperidine rings is 1. The number of benzene rings is 1. The van der Waals surface area contributed by atoms with Gasteiger partial charge in [-0.15, -0.1) is 0 Å². The van der Waals surface area contributed by atoms with E-state index in [9.17, 15) is 8.42 Å². The summed E-state index contributed by atoms with van der Waals surface area (Å²) in [5.41, 5.74) is 1.26. The minimum atomic E-state index is -2.88. The highest BCUT2D eigenvalue weighted by molar-refractivity contribution is 7.90. The molecule has 0 amide bonds. The lowest BCUT2D eigenvalue weighted by Crippen LogP contribution is -2.47. The second-order valence-electron chi connectivity index (χ2n) is 5.69. The van der Waals surface area contributed by atoms with Crippen LogP contribution in [0.25, 0.3) is 0 Å². The molecule has 112 valence electrons. The minimum Gasteiger partial charge on any atom is -0.370 e. The van der Waals surface area contributed by atoms with E-state index in [1.165, 1.54) is 11.9 Å². The maximum atomic E-state index is 11.3. The number of hydrogen-bond acceptors (Lipinski definition) is 4. The molecule has 5 heteroatoms. The number of sulfone groups is 1. The molecule has 1 fully saturated rings. The van der Waals surface area contributed by atoms with Gasteiger partial charge in [0.15, 0.2) is 0 Å². The van der Waals surface area contributed by atoms with Gasteiger partial charge in [0.1, 0.15) is 9.84 Å². The van der Waals surface area contributed by atoms with Crippen LogP contribution in [0.5, 0.6) is 0 Å². The molecule has 1 aromatic rings. The van der Waals surface area contributed by atoms with Crippen LogP contribution in [-0.2, 0) is 9.84 Å². The van der Waals surface area contributed by atoms with Gasteiger partial charge in [0, 0.05) is 37.6 Å². The summed E-state index contributed by atoms with van der Waals surface area (Å²) >= 11 is 0. The van der Waals surface area contributed by atoms with Gasteiger partial charge in [0.2, 0.25) is 0 Å². The molecule has 1 aromatic carbocycles. The first-order valence-corrected chi connectivity index (χ1v) is 9.20. The van der Waals surface area contributed by atoms with Crippen LogP contribution in [0.15, 0.2) is 30.3 Å². The smallest absolute Gasteiger partial charge is 0.148 e. The summed E-state index contributed by atoms with van der Waals surface area (Å²) in [4.78, 5) is 4.58. The number of nitrogens with zero attached hydrogens (tertiary/aromatic N) is 2. The average molecular weight is 296 g/mol. The third-order valence-electron chi connectivity index (χ3n) is 3.96. The molecule has 0 bridgehead atoms. The number of rotatable bonds is 5. The van der Waals surface area contributed by atoms with Crippen LogP contribution in [0, 0.1) is 0 Å². The molecule has 0 radical (unpaired) electrons. The van der Waals surface area contributed by atoms with Gasteiger partial charge >= 0.3 is 0 Å². The molecular weight excluding hydrogens is 272 g/mol. The zero-order valence-electron chi connectivity index (χ0n) is 12.3. The zero-order chi connectivity index (χ0) is 14.6. The van der Waals surface area contributed by atoms with Crippen molar-refractivity contribution in [2.24, 2.45) is 0 Å². The molecule has 0 saturated carbocycles. The van der Waals surface area contributed by atoms with Crippen molar-refractivity contribution in [1.82, 2.24) is 4.90 Å². The van der Waals surface area contributed by atoms with Crippen molar-refractivity contribution >= 4 is 15.5 Å². The largest absolute Gasteiger partial charge is 0.370 e. The molecule has 1 aliphatic heterocycles. The summed E-state index contributed by atoms with van der Waals surface area (Å²) in [5.74, 6) is 0.241. The van der Waals surface area contributed by atoms with Crippen LogP contribution in [-0.4, -0.2) is 58.1 Å². The monoisotopic (exact) mass is 296 g/mol. The Hall–Kier alpha value is -1.07. The van der Waals surface area contributed by atoms with Gasteiger partial charge < -0.3 is 9.80 Å². The van der Waals surface area contributed by atoms with Crippen molar-refractivity contribution < 1.29 is 8.42 Å². The van der Waals surface area contributed by atoms with Crippen molar-refractivity contribution in [3.63, 3.8) is 0 Å². The van der Waals surface area contributed by atoms with Gasteiger partial charge in [0.25, 0.3) is 0 Å². The molecule has 2 rings (SSSR count). The molecule has 1 atom stereocenters. The van der Waals surface area contributed by atoms with Crippen molar-refractivity contribution in [1.29, 1.82) is 0 Å². The van der Waals surface area contributed by atoms with E-state index in [-0.39, 0.29) is 5.75 Å². The van der Waals surface area contributed by atoms with E-state index in [4.69, 9.17) is 0 Å². The normalized spacial score (nSPS) is 20.4. The zero-order valence-corrected chi connectivity index (χ0v) is 13.1. The molecular formula is C15H24N2O2S. The third-order valence-corrected chi connectivity index (χ3v) is 4.88. The maximum absolute atomic E-state index is 11.3. The van der Waals surface area contributed by atoms with E-state index in [2.05, 4.69) is 34.1 Å². The van der Waals surface area contributed by atoms with Gasteiger partial charge in [-0.25, -0.2) is 8.42 Å². The quantitative estimate of drug-likeness (QED) is 0.828. The molecule has 1 aliphatic rings. The Morgan fingerprint density at radius 3 is 2.65 bits per heavy atom. The second kappa shape index (κ2) is 6.59. The van der Waals surface area contributed by atoms with Crippen LogP contribution in [0.3, 0.4) is 0 Å². The molecule has 0 aromatic heterocycles. The lowest BCUT2D eigenvalue weighted by molar-refractivity contribution is 0.226. The first-order chi connectivity index (χ1) is 9.46. The van der Waals surface area contributed by atoms with Gasteiger partial charge in [-0.1, -0.05) is 18.2 Å². The van der Waals surface area contributed by atoms with E-state index in [0.717, 1.165) is 25.9 Å². The van der Waals surface area contributed by atoms with Crippen molar-refractivity contribution in [2.45, 2.75) is 18.9 Å². The first kappa shape index (κ1) is 15.3. The van der Waals surface area contributed by atoms with Crippen LogP contribution in [0.4, 0.5) is 5.69 Å². The van der Waals surface area contributed by atoms with Crippen LogP contribution in [0.1, 0.15) is 12.8 Å². The van der Waals surface area contributed by atoms with Crippen LogP contribution in [0.2, 0.25) is 0 Å². The van der Waals surface area contributed by atoms with Gasteiger partial charge in [-0.05, 0) is 32.0 Å². The molecule has 0 aliphatic carbocycles. The Labute approximate surface area is 122 Å². The summed E-state index contributed by atoms with van der Waals surface area (Å²) in [5, 5.41) is 0. The Kier molecular flexibility index (Phi) is 5.05. The predicted octanol–water partition coefficient (Wildman–Crippen LogP) is 1.63. The van der Waals surface area contributed by atoms with Gasteiger partial charge in [-0.3, -0.25) is 0 Å². The van der Waals surface area contributed by atoms with Crippen molar-refractivity contribution in [2.75, 3.05) is 43.6 Å². The van der Waals surface area contributed by atoms with E-state index in [0.29, 0.717) is 12.6 Å². The fourth-order valence-electron chi connectivity index (χ4n) is 2.68. The van der Waals surface area contributed by atoms with Crippen LogP contribution < -0.4 is 4.90 Å². The van der Waals surface area contributed by atoms with E-state index in [1.807, 2.05) is 13.1 Å². The first-order valence-electron chi connectivity index (χ1n) is 7.14. The molecule has 4 nitrogen and oxygen atoms in total. The van der Waals surface area contributed by atoms with Gasteiger partial charge in [0.05, 0.1) is 5.75 Å². The maximum Gasteiger partial charge on any atom is 0.148 e. The molecule has 0 unspecified atom stereocenters. The Bertz CT molecular complexity index is 516. The Balaban J connectivity index is 1.93. The number of anilines is 1. The van der Waals surface area contributed by atoms with E-state index < -0.39 is 9.84 Å². The number of likely N-dealkylation sites (N-methyl/N-ethyl adjacent to an activating group) is 1. The lowest BCUT2D eigenvalue weighted by atomic mass is 10.0. The second-order valence-corrected chi connectivity index (χ2v) is 7.95. The molecule has 1 saturated heterocycles. The molecule has 0 N–H and O–H groups in total. The number of hydrogen-bond donors (Lipinski definition) is 0. The highest BCUT2D eigenvalue weighted by Gasteiger charge is 2.23. The standard InChI is InChI=1S/C15H24N2O2S/c1-16(11-12-20(2,18)19)15-9-6-10-17(13-15)14-7-4-3-5-8-14/h3-5,7-8,15H,6,9-13H2,1-2H3/t15-/m0/s1. The average Bonchev–Trinajstić information content (AvgIpc) is 2.45. The van der Waals surface area contributed by atoms with E-state index in [1.54, 1.807) is 0 Å². The lowest BCUT2D eigenvalue weighted by Gasteiger charge is -2.38. The highest BCUT2D eigenvalue weighted by Crippen LogP contribution is 2.21. The minimum absolute atomic E-state index is 0.241. The summed E-state index contributed by atoms with van der Waals surface area (Å²) in [6, 6.07) is 10.9. The predicted molar refractivity (Wildman–Crippen MR) is 84.0 cm³/mol. The molecule has 20 heavy (non-hydrogen) atoms. The summed E-state index contributed by atoms with van der Waals surface area (Å²) in [6.45, 7) is 2.68. The fraction of sp³-hybridized carbons (Fsp3) is 0.600. The van der Waals surface area contributed by atoms with Gasteiger partial charge in [-0.2, -0.15) is 0 Å². The molecule has 1 heterocycles. The number of para-hydroxylation sites is 1.